The first-order valence-electron chi connectivity index (χ1n) is 7.88. The highest BCUT2D eigenvalue weighted by Gasteiger charge is 2.16. The number of ether oxygens (including phenoxy) is 1. The number of nitro benzene ring substituents is 1. The van der Waals surface area contributed by atoms with Crippen molar-refractivity contribution in [3.63, 3.8) is 0 Å². The number of carbonyl (C=O) groups is 2. The summed E-state index contributed by atoms with van der Waals surface area (Å²) in [5.74, 6) is -1.33. The van der Waals surface area contributed by atoms with E-state index in [-0.39, 0.29) is 22.1 Å². The molecule has 28 heavy (non-hydrogen) atoms. The maximum absolute atomic E-state index is 12.2. The molecule has 0 radical (unpaired) electrons. The lowest BCUT2D eigenvalue weighted by molar-refractivity contribution is -0.384. The number of pyridine rings is 1. The Kier molecular flexibility index (Phi) is 5.37. The number of aromatic nitrogens is 2. The molecule has 0 aliphatic heterocycles. The summed E-state index contributed by atoms with van der Waals surface area (Å²) in [5.41, 5.74) is 0.789. The van der Waals surface area contributed by atoms with Crippen LogP contribution in [0.25, 0.3) is 11.7 Å². The number of hydrogen-bond donors (Lipinski definition) is 1. The van der Waals surface area contributed by atoms with Crippen molar-refractivity contribution < 1.29 is 19.2 Å². The molecule has 9 nitrogen and oxygen atoms in total. The Hall–Kier alpha value is -3.72. The van der Waals surface area contributed by atoms with E-state index in [0.29, 0.717) is 11.3 Å². The van der Waals surface area contributed by atoms with Crippen LogP contribution in [0.2, 0.25) is 5.15 Å². The summed E-state index contributed by atoms with van der Waals surface area (Å²) >= 11 is 6.10. The Bertz CT molecular complexity index is 1120. The third-order valence-electron chi connectivity index (χ3n) is 3.73. The molecule has 0 bridgehead atoms. The number of nitrogens with zero attached hydrogens (tertiary/aromatic N) is 3. The molecule has 0 saturated heterocycles. The maximum Gasteiger partial charge on any atom is 0.338 e. The van der Waals surface area contributed by atoms with Crippen LogP contribution in [0.5, 0.6) is 0 Å². The Labute approximate surface area is 163 Å². The van der Waals surface area contributed by atoms with Crippen molar-refractivity contribution >= 4 is 46.6 Å². The first-order chi connectivity index (χ1) is 13.4. The smallest absolute Gasteiger partial charge is 0.338 e. The number of imidazole rings is 1. The van der Waals surface area contributed by atoms with Gasteiger partial charge < -0.3 is 10.1 Å². The number of fused-ring (bicyclic) bond motifs is 1. The molecule has 0 atom stereocenters. The van der Waals surface area contributed by atoms with Gasteiger partial charge in [-0.2, -0.15) is 0 Å². The molecule has 2 aromatic heterocycles. The minimum absolute atomic E-state index is 0.0548. The zero-order chi connectivity index (χ0) is 20.3. The van der Waals surface area contributed by atoms with E-state index in [9.17, 15) is 19.7 Å². The lowest BCUT2D eigenvalue weighted by Gasteiger charge is -2.05. The molecule has 3 rings (SSSR count). The largest absolute Gasteiger partial charge is 0.465 e. The Morgan fingerprint density at radius 1 is 1.32 bits per heavy atom. The van der Waals surface area contributed by atoms with Crippen LogP contribution in [0, 0.1) is 10.1 Å². The number of anilines is 1. The van der Waals surface area contributed by atoms with Crippen LogP contribution < -0.4 is 5.32 Å². The van der Waals surface area contributed by atoms with E-state index in [4.69, 9.17) is 11.6 Å². The summed E-state index contributed by atoms with van der Waals surface area (Å²) in [4.78, 5) is 38.4. The molecule has 0 unspecified atom stereocenters. The molecule has 0 fully saturated rings. The van der Waals surface area contributed by atoms with E-state index in [1.54, 1.807) is 28.8 Å². The molecule has 142 valence electrons. The molecule has 0 spiro atoms. The quantitative estimate of drug-likeness (QED) is 0.304. The summed E-state index contributed by atoms with van der Waals surface area (Å²) in [6, 6.07) is 8.85. The number of rotatable bonds is 5. The fourth-order valence-corrected chi connectivity index (χ4v) is 2.74. The summed E-state index contributed by atoms with van der Waals surface area (Å²) in [6.07, 6.45) is 4.42. The van der Waals surface area contributed by atoms with E-state index in [2.05, 4.69) is 15.0 Å². The minimum atomic E-state index is -0.757. The lowest BCUT2D eigenvalue weighted by atomic mass is 10.1. The second kappa shape index (κ2) is 7.89. The summed E-state index contributed by atoms with van der Waals surface area (Å²) < 4.78 is 6.27. The third kappa shape index (κ3) is 3.99. The predicted octanol–water partition coefficient (Wildman–Crippen LogP) is 3.33. The van der Waals surface area contributed by atoms with Crippen LogP contribution in [0.3, 0.4) is 0 Å². The maximum atomic E-state index is 12.2. The van der Waals surface area contributed by atoms with Gasteiger partial charge in [-0.05, 0) is 24.3 Å². The number of non-ortho nitro benzene ring substituents is 1. The molecule has 1 aromatic carbocycles. The molecule has 0 aliphatic rings. The third-order valence-corrected chi connectivity index (χ3v) is 4.01. The van der Waals surface area contributed by atoms with E-state index < -0.39 is 16.8 Å². The van der Waals surface area contributed by atoms with Crippen molar-refractivity contribution in [1.29, 1.82) is 0 Å². The highest BCUT2D eigenvalue weighted by molar-refractivity contribution is 6.31. The van der Waals surface area contributed by atoms with E-state index in [0.717, 1.165) is 19.2 Å². The van der Waals surface area contributed by atoms with Gasteiger partial charge in [0, 0.05) is 30.1 Å². The van der Waals surface area contributed by atoms with Crippen molar-refractivity contribution in [3.8, 4) is 0 Å². The number of methoxy groups -OCH3 is 1. The van der Waals surface area contributed by atoms with Crippen LogP contribution in [-0.4, -0.2) is 33.3 Å². The monoisotopic (exact) mass is 400 g/mol. The molecule has 10 heteroatoms. The fraction of sp³-hybridized carbons (Fsp3) is 0.0556. The minimum Gasteiger partial charge on any atom is -0.465 e. The summed E-state index contributed by atoms with van der Waals surface area (Å²) in [5, 5.41) is 13.7. The van der Waals surface area contributed by atoms with Crippen molar-refractivity contribution in [2.24, 2.45) is 0 Å². The average molecular weight is 401 g/mol. The summed E-state index contributed by atoms with van der Waals surface area (Å²) in [7, 11) is 1.15. The average Bonchev–Trinajstić information content (AvgIpc) is 3.00. The Morgan fingerprint density at radius 2 is 2.11 bits per heavy atom. The summed E-state index contributed by atoms with van der Waals surface area (Å²) in [6.45, 7) is 0. The van der Waals surface area contributed by atoms with E-state index in [1.165, 1.54) is 18.2 Å². The van der Waals surface area contributed by atoms with Crippen LogP contribution >= 0.6 is 11.6 Å². The normalized spacial score (nSPS) is 10.9. The van der Waals surface area contributed by atoms with Crippen LogP contribution in [0.4, 0.5) is 11.4 Å². The number of halogens is 1. The fourth-order valence-electron chi connectivity index (χ4n) is 2.50. The number of amides is 1. The van der Waals surface area contributed by atoms with Crippen LogP contribution in [0.1, 0.15) is 16.1 Å². The number of carbonyl (C=O) groups excluding carboxylic acids is 2. The van der Waals surface area contributed by atoms with Crippen molar-refractivity contribution in [2.75, 3.05) is 12.4 Å². The van der Waals surface area contributed by atoms with Crippen molar-refractivity contribution in [2.45, 2.75) is 0 Å². The number of esters is 1. The molecule has 0 aliphatic carbocycles. The number of nitrogens with one attached hydrogen (secondary N) is 1. The number of benzene rings is 1. The highest BCUT2D eigenvalue weighted by Crippen LogP contribution is 2.22. The van der Waals surface area contributed by atoms with E-state index in [1.807, 2.05) is 0 Å². The lowest BCUT2D eigenvalue weighted by Crippen LogP contribution is -2.10. The highest BCUT2D eigenvalue weighted by atomic mass is 35.5. The zero-order valence-corrected chi connectivity index (χ0v) is 15.2. The Morgan fingerprint density at radius 3 is 2.82 bits per heavy atom. The molecule has 2 heterocycles. The topological polar surface area (TPSA) is 116 Å². The van der Waals surface area contributed by atoms with Gasteiger partial charge in [0.05, 0.1) is 23.3 Å². The predicted molar refractivity (Wildman–Crippen MR) is 102 cm³/mol. The van der Waals surface area contributed by atoms with E-state index >= 15 is 0 Å². The van der Waals surface area contributed by atoms with Gasteiger partial charge in [0.1, 0.15) is 5.65 Å². The molecule has 0 saturated carbocycles. The van der Waals surface area contributed by atoms with Gasteiger partial charge in [0.2, 0.25) is 5.91 Å². The van der Waals surface area contributed by atoms with Crippen LogP contribution in [0.15, 0.2) is 48.7 Å². The molecule has 1 amide bonds. The van der Waals surface area contributed by atoms with Gasteiger partial charge >= 0.3 is 5.97 Å². The molecular formula is C18H13ClN4O5. The van der Waals surface area contributed by atoms with Crippen LogP contribution in [-0.2, 0) is 9.53 Å². The number of hydrogen-bond acceptors (Lipinski definition) is 6. The molecule has 3 aromatic rings. The van der Waals surface area contributed by atoms with Gasteiger partial charge in [-0.15, -0.1) is 0 Å². The van der Waals surface area contributed by atoms with Gasteiger partial charge in [-0.3, -0.25) is 19.3 Å². The first-order valence-corrected chi connectivity index (χ1v) is 8.26. The second-order valence-corrected chi connectivity index (χ2v) is 5.91. The zero-order valence-electron chi connectivity index (χ0n) is 14.5. The standard InChI is InChI=1S/C18H13ClN4O5/c1-28-18(25)11-8-12(10-13(9-11)23(26)27)20-16(24)6-5-14-17(19)21-15-4-2-3-7-22(14)15/h2-10H,1H3,(H,20,24). The first kappa shape index (κ1) is 19.1. The van der Waals surface area contributed by atoms with Gasteiger partial charge in [0.15, 0.2) is 5.15 Å². The van der Waals surface area contributed by atoms with Crippen molar-refractivity contribution in [1.82, 2.24) is 9.38 Å². The van der Waals surface area contributed by atoms with Crippen molar-refractivity contribution in [3.05, 3.63) is 75.2 Å². The van der Waals surface area contributed by atoms with Gasteiger partial charge in [-0.1, -0.05) is 17.7 Å². The number of nitro groups is 1. The van der Waals surface area contributed by atoms with Gasteiger partial charge in [-0.25, -0.2) is 9.78 Å². The second-order valence-electron chi connectivity index (χ2n) is 5.56. The molecular weight excluding hydrogens is 388 g/mol. The molecule has 1 N–H and O–H groups in total. The SMILES string of the molecule is COC(=O)c1cc(NC(=O)C=Cc2c(Cl)nc3ccccn23)cc([N+](=O)[O-])c1. The Balaban J connectivity index is 1.85. The van der Waals surface area contributed by atoms with Gasteiger partial charge in [0.25, 0.3) is 5.69 Å².